The van der Waals surface area contributed by atoms with Crippen molar-refractivity contribution in [3.8, 4) is 5.88 Å². The van der Waals surface area contributed by atoms with Crippen LogP contribution in [0.1, 0.15) is 55.2 Å². The molecule has 0 spiro atoms. The summed E-state index contributed by atoms with van der Waals surface area (Å²) in [5.74, 6) is -1.19. The van der Waals surface area contributed by atoms with E-state index in [2.05, 4.69) is 9.98 Å². The van der Waals surface area contributed by atoms with E-state index < -0.39 is 5.97 Å². The Labute approximate surface area is 134 Å². The highest BCUT2D eigenvalue weighted by atomic mass is 16.4. The van der Waals surface area contributed by atoms with Gasteiger partial charge in [0.2, 0.25) is 0 Å². The normalized spacial score (nSPS) is 16.2. The van der Waals surface area contributed by atoms with Gasteiger partial charge in [0.25, 0.3) is 0 Å². The predicted octanol–water partition coefficient (Wildman–Crippen LogP) is 3.23. The third-order valence-corrected chi connectivity index (χ3v) is 4.05. The molecule has 0 saturated heterocycles. The molecule has 1 aliphatic heterocycles. The average molecular weight is 316 g/mol. The minimum absolute atomic E-state index is 0.0591. The van der Waals surface area contributed by atoms with Crippen molar-refractivity contribution in [1.82, 2.24) is 4.98 Å². The van der Waals surface area contributed by atoms with E-state index >= 15 is 0 Å². The minimum atomic E-state index is -0.841. The van der Waals surface area contributed by atoms with Crippen molar-refractivity contribution < 1.29 is 19.8 Å². The van der Waals surface area contributed by atoms with Gasteiger partial charge in [0.05, 0.1) is 11.3 Å². The monoisotopic (exact) mass is 316 g/mol. The van der Waals surface area contributed by atoms with Gasteiger partial charge in [0.1, 0.15) is 0 Å². The fourth-order valence-corrected chi connectivity index (χ4v) is 2.81. The summed E-state index contributed by atoms with van der Waals surface area (Å²) in [6.45, 7) is 6.91. The van der Waals surface area contributed by atoms with Crippen molar-refractivity contribution in [2.45, 2.75) is 40.5 Å². The van der Waals surface area contributed by atoms with E-state index in [9.17, 15) is 14.7 Å². The van der Waals surface area contributed by atoms with E-state index in [-0.39, 0.29) is 23.6 Å². The van der Waals surface area contributed by atoms with Crippen molar-refractivity contribution in [2.75, 3.05) is 0 Å². The number of nitrogens with one attached hydrogen (secondary N) is 1. The largest absolute Gasteiger partial charge is 0.494 e. The molecule has 0 fully saturated rings. The van der Waals surface area contributed by atoms with Gasteiger partial charge in [-0.1, -0.05) is 0 Å². The van der Waals surface area contributed by atoms with Gasteiger partial charge in [-0.15, -0.1) is 0 Å². The van der Waals surface area contributed by atoms with Gasteiger partial charge in [-0.05, 0) is 56.9 Å². The first-order valence-electron chi connectivity index (χ1n) is 7.34. The SMILES string of the molecule is CC(=O)c1c(O)[nH]c(/C=C2/N=C(C)C(CCC(=O)O)=C2C)c1C. The fraction of sp³-hybridized carbons (Fsp3) is 0.353. The van der Waals surface area contributed by atoms with Crippen LogP contribution in [0.25, 0.3) is 6.08 Å². The molecule has 0 atom stereocenters. The number of hydrogen-bond acceptors (Lipinski definition) is 4. The second-order valence-electron chi connectivity index (χ2n) is 5.67. The van der Waals surface area contributed by atoms with Gasteiger partial charge in [0, 0.05) is 17.8 Å². The Bertz CT molecular complexity index is 779. The summed E-state index contributed by atoms with van der Waals surface area (Å²) in [6.07, 6.45) is 2.26. The number of Topliss-reactive ketones (excluding diaryl/α,β-unsaturated/α-hetero) is 1. The van der Waals surface area contributed by atoms with Gasteiger partial charge >= 0.3 is 5.97 Å². The number of aromatic nitrogens is 1. The molecule has 0 aromatic carbocycles. The van der Waals surface area contributed by atoms with Crippen LogP contribution >= 0.6 is 0 Å². The number of aliphatic carboxylic acids is 1. The molecule has 0 saturated carbocycles. The summed E-state index contributed by atoms with van der Waals surface area (Å²) < 4.78 is 0. The van der Waals surface area contributed by atoms with E-state index in [1.165, 1.54) is 6.92 Å². The molecule has 1 aliphatic rings. The third-order valence-electron chi connectivity index (χ3n) is 4.05. The number of H-pyrrole nitrogens is 1. The second kappa shape index (κ2) is 6.24. The number of carboxylic acid groups (broad SMARTS) is 1. The van der Waals surface area contributed by atoms with Crippen molar-refractivity contribution in [3.05, 3.63) is 33.7 Å². The molecule has 0 unspecified atom stereocenters. The maximum Gasteiger partial charge on any atom is 0.303 e. The Hall–Kier alpha value is -2.63. The highest BCUT2D eigenvalue weighted by Crippen LogP contribution is 2.32. The molecular formula is C17H20N2O4. The summed E-state index contributed by atoms with van der Waals surface area (Å²) in [6, 6.07) is 0. The number of aromatic amines is 1. The third kappa shape index (κ3) is 3.26. The summed E-state index contributed by atoms with van der Waals surface area (Å²) in [5.41, 5.74) is 4.93. The lowest BCUT2D eigenvalue weighted by Gasteiger charge is -2.02. The molecule has 23 heavy (non-hydrogen) atoms. The summed E-state index contributed by atoms with van der Waals surface area (Å²) in [4.78, 5) is 29.6. The van der Waals surface area contributed by atoms with Crippen LogP contribution in [-0.4, -0.2) is 32.7 Å². The number of carbonyl (C=O) groups is 2. The number of aromatic hydroxyl groups is 1. The number of carbonyl (C=O) groups excluding carboxylic acids is 1. The molecule has 122 valence electrons. The molecule has 6 nitrogen and oxygen atoms in total. The molecular weight excluding hydrogens is 296 g/mol. The number of ketones is 1. The zero-order valence-electron chi connectivity index (χ0n) is 13.6. The molecule has 0 bridgehead atoms. The van der Waals surface area contributed by atoms with Crippen molar-refractivity contribution >= 4 is 23.5 Å². The van der Waals surface area contributed by atoms with Crippen molar-refractivity contribution in [1.29, 1.82) is 0 Å². The van der Waals surface area contributed by atoms with Gasteiger partial charge in [-0.3, -0.25) is 14.6 Å². The number of carboxylic acids is 1. The lowest BCUT2D eigenvalue weighted by Crippen LogP contribution is -2.00. The number of rotatable bonds is 5. The van der Waals surface area contributed by atoms with Crippen LogP contribution in [0.5, 0.6) is 5.88 Å². The Balaban J connectivity index is 2.40. The summed E-state index contributed by atoms with van der Waals surface area (Å²) >= 11 is 0. The Morgan fingerprint density at radius 2 is 1.91 bits per heavy atom. The highest BCUT2D eigenvalue weighted by Gasteiger charge is 2.21. The highest BCUT2D eigenvalue weighted by molar-refractivity contribution is 6.04. The molecule has 2 rings (SSSR count). The summed E-state index contributed by atoms with van der Waals surface area (Å²) in [7, 11) is 0. The van der Waals surface area contributed by atoms with Gasteiger partial charge in [-0.2, -0.15) is 0 Å². The Morgan fingerprint density at radius 1 is 1.26 bits per heavy atom. The molecule has 2 heterocycles. The first kappa shape index (κ1) is 16.7. The van der Waals surface area contributed by atoms with Crippen LogP contribution in [-0.2, 0) is 4.79 Å². The first-order chi connectivity index (χ1) is 10.7. The Kier molecular flexibility index (Phi) is 4.54. The number of allylic oxidation sites excluding steroid dienone is 2. The van der Waals surface area contributed by atoms with Gasteiger partial charge in [-0.25, -0.2) is 0 Å². The number of aliphatic imine (C=N–C) groups is 1. The molecule has 1 aromatic heterocycles. The molecule has 0 amide bonds. The van der Waals surface area contributed by atoms with E-state index in [0.717, 1.165) is 16.9 Å². The zero-order valence-corrected chi connectivity index (χ0v) is 13.6. The second-order valence-corrected chi connectivity index (χ2v) is 5.67. The molecule has 3 N–H and O–H groups in total. The lowest BCUT2D eigenvalue weighted by molar-refractivity contribution is -0.136. The maximum atomic E-state index is 11.6. The van der Waals surface area contributed by atoms with Crippen LogP contribution in [0, 0.1) is 6.92 Å². The van der Waals surface area contributed by atoms with E-state index in [1.807, 2.05) is 13.8 Å². The minimum Gasteiger partial charge on any atom is -0.494 e. The first-order valence-corrected chi connectivity index (χ1v) is 7.34. The van der Waals surface area contributed by atoms with E-state index in [1.54, 1.807) is 13.0 Å². The van der Waals surface area contributed by atoms with Crippen LogP contribution in [0.4, 0.5) is 0 Å². The van der Waals surface area contributed by atoms with Gasteiger partial charge in [0.15, 0.2) is 11.7 Å². The van der Waals surface area contributed by atoms with Crippen LogP contribution in [0.15, 0.2) is 21.8 Å². The average Bonchev–Trinajstić information content (AvgIpc) is 2.85. The molecule has 6 heteroatoms. The lowest BCUT2D eigenvalue weighted by atomic mass is 10.0. The zero-order chi connectivity index (χ0) is 17.3. The predicted molar refractivity (Wildman–Crippen MR) is 87.9 cm³/mol. The number of hydrogen-bond donors (Lipinski definition) is 3. The smallest absolute Gasteiger partial charge is 0.303 e. The summed E-state index contributed by atoms with van der Waals surface area (Å²) in [5, 5.41) is 18.7. The fourth-order valence-electron chi connectivity index (χ4n) is 2.81. The van der Waals surface area contributed by atoms with Crippen LogP contribution in [0.2, 0.25) is 0 Å². The topological polar surface area (TPSA) is 103 Å². The quantitative estimate of drug-likeness (QED) is 0.726. The molecule has 0 radical (unpaired) electrons. The molecule has 0 aliphatic carbocycles. The van der Waals surface area contributed by atoms with Crippen molar-refractivity contribution in [2.24, 2.45) is 4.99 Å². The molecule has 1 aromatic rings. The Morgan fingerprint density at radius 3 is 2.43 bits per heavy atom. The van der Waals surface area contributed by atoms with Gasteiger partial charge < -0.3 is 15.2 Å². The van der Waals surface area contributed by atoms with Crippen LogP contribution < -0.4 is 0 Å². The van der Waals surface area contributed by atoms with Crippen molar-refractivity contribution in [3.63, 3.8) is 0 Å². The van der Waals surface area contributed by atoms with Crippen LogP contribution in [0.3, 0.4) is 0 Å². The number of nitrogens with zero attached hydrogens (tertiary/aromatic N) is 1. The van der Waals surface area contributed by atoms with E-state index in [0.29, 0.717) is 23.4 Å². The standard InChI is InChI=1S/C17H20N2O4/c1-8-12(5-6-15(21)22)10(3)18-13(8)7-14-9(2)16(11(4)20)17(23)19-14/h7,19,23H,5-6H2,1-4H3,(H,21,22)/b13-7+. The maximum absolute atomic E-state index is 11.6. The van der Waals surface area contributed by atoms with E-state index in [4.69, 9.17) is 5.11 Å².